The van der Waals surface area contributed by atoms with E-state index in [1.165, 1.54) is 38.8 Å². The zero-order valence-electron chi connectivity index (χ0n) is 5.69. The van der Waals surface area contributed by atoms with Gasteiger partial charge in [0.15, 0.2) is 12.3 Å². The Morgan fingerprint density at radius 3 is 3.00 bits per heavy atom. The normalized spacial score (nSPS) is 25.8. The predicted octanol–water partition coefficient (Wildman–Crippen LogP) is 0.532. The van der Waals surface area contributed by atoms with Crippen molar-refractivity contribution in [2.75, 3.05) is 13.1 Å². The summed E-state index contributed by atoms with van der Waals surface area (Å²) in [6.45, 7) is 2.43. The third-order valence-electron chi connectivity index (χ3n) is 2.20. The van der Waals surface area contributed by atoms with E-state index in [-0.39, 0.29) is 0 Å². The van der Waals surface area contributed by atoms with Crippen molar-refractivity contribution in [3.8, 4) is 0 Å². The maximum Gasteiger partial charge on any atom is 0.188 e. The van der Waals surface area contributed by atoms with E-state index in [0.29, 0.717) is 0 Å². The fourth-order valence-corrected chi connectivity index (χ4v) is 1.50. The second-order valence-electron chi connectivity index (χ2n) is 2.83. The van der Waals surface area contributed by atoms with Crippen LogP contribution in [0.25, 0.3) is 0 Å². The molecule has 2 aliphatic rings. The lowest BCUT2D eigenvalue weighted by Gasteiger charge is -2.13. The molecule has 0 atom stereocenters. The molecule has 2 nitrogen and oxygen atoms in total. The Bertz CT molecular complexity index is 133. The van der Waals surface area contributed by atoms with E-state index in [9.17, 15) is 0 Å². The third kappa shape index (κ3) is 0.824. The van der Waals surface area contributed by atoms with Crippen molar-refractivity contribution < 1.29 is 4.68 Å². The Morgan fingerprint density at radius 2 is 2.22 bits per heavy atom. The molecule has 0 aromatic heterocycles. The first-order valence-electron chi connectivity index (χ1n) is 3.82. The lowest BCUT2D eigenvalue weighted by Crippen LogP contribution is -2.42. The minimum atomic E-state index is 1.18. The van der Waals surface area contributed by atoms with Crippen LogP contribution in [0.3, 0.4) is 0 Å². The highest BCUT2D eigenvalue weighted by Crippen LogP contribution is 2.10. The van der Waals surface area contributed by atoms with Crippen LogP contribution in [-0.2, 0) is 0 Å². The van der Waals surface area contributed by atoms with Gasteiger partial charge < -0.3 is 0 Å². The number of hydrazine groups is 1. The topological polar surface area (TPSA) is 15.0 Å². The van der Waals surface area contributed by atoms with Crippen molar-refractivity contribution in [3.63, 3.8) is 0 Å². The van der Waals surface area contributed by atoms with Crippen molar-refractivity contribution in [3.05, 3.63) is 0 Å². The smallest absolute Gasteiger partial charge is 0.188 e. The molecular weight excluding hydrogens is 112 g/mol. The molecule has 2 aliphatic heterocycles. The number of hydrogen-bond donors (Lipinski definition) is 1. The summed E-state index contributed by atoms with van der Waals surface area (Å²) >= 11 is 0. The Morgan fingerprint density at radius 1 is 1.22 bits per heavy atom. The molecule has 9 heavy (non-hydrogen) atoms. The van der Waals surface area contributed by atoms with E-state index in [0.717, 1.165) is 0 Å². The summed E-state index contributed by atoms with van der Waals surface area (Å²) in [4.78, 5) is 0. The molecular formula is C7H13N2+. The molecule has 0 aromatic carbocycles. The summed E-state index contributed by atoms with van der Waals surface area (Å²) < 4.78 is 2.31. The van der Waals surface area contributed by atoms with Crippen LogP contribution >= 0.6 is 0 Å². The largest absolute Gasteiger partial charge is 0.198 e. The summed E-state index contributed by atoms with van der Waals surface area (Å²) in [6, 6.07) is 0. The standard InChI is InChI=1S/C7H13N2/c1-2-5-8-9-6-4-7(9)3-1/h8H,1-6H2/q+1. The Kier molecular flexibility index (Phi) is 1.18. The summed E-state index contributed by atoms with van der Waals surface area (Å²) in [5, 5.41) is 0. The average molecular weight is 125 g/mol. The van der Waals surface area contributed by atoms with Crippen LogP contribution in [0.4, 0.5) is 0 Å². The molecule has 2 rings (SSSR count). The Labute approximate surface area is 55.5 Å². The molecule has 0 radical (unpaired) electrons. The molecule has 0 amide bonds. The molecule has 2 heterocycles. The Balaban J connectivity index is 2.09. The molecule has 1 N–H and O–H groups in total. The fraction of sp³-hybridized carbons (Fsp3) is 0.857. The summed E-state index contributed by atoms with van der Waals surface area (Å²) in [5.41, 5.74) is 5.01. The number of hydrogen-bond acceptors (Lipinski definition) is 1. The highest BCUT2D eigenvalue weighted by atomic mass is 15.5. The van der Waals surface area contributed by atoms with Crippen molar-refractivity contribution in [2.24, 2.45) is 0 Å². The van der Waals surface area contributed by atoms with E-state index in [2.05, 4.69) is 10.1 Å². The van der Waals surface area contributed by atoms with E-state index in [1.54, 1.807) is 5.71 Å². The third-order valence-corrected chi connectivity index (χ3v) is 2.20. The maximum atomic E-state index is 3.38. The van der Waals surface area contributed by atoms with Crippen molar-refractivity contribution >= 4 is 5.71 Å². The van der Waals surface area contributed by atoms with Crippen LogP contribution in [0.1, 0.15) is 25.7 Å². The number of nitrogens with zero attached hydrogens (tertiary/aromatic N) is 1. The van der Waals surface area contributed by atoms with E-state index >= 15 is 0 Å². The van der Waals surface area contributed by atoms with Gasteiger partial charge in [-0.15, -0.1) is 4.68 Å². The minimum absolute atomic E-state index is 1.18. The van der Waals surface area contributed by atoms with E-state index in [1.807, 2.05) is 0 Å². The molecule has 50 valence electrons. The van der Waals surface area contributed by atoms with E-state index in [4.69, 9.17) is 0 Å². The lowest BCUT2D eigenvalue weighted by atomic mass is 10.1. The zero-order chi connectivity index (χ0) is 6.10. The summed E-state index contributed by atoms with van der Waals surface area (Å²) in [6.07, 6.45) is 5.42. The van der Waals surface area contributed by atoms with Gasteiger partial charge in [-0.25, -0.2) is 0 Å². The average Bonchev–Trinajstić information content (AvgIpc) is 1.94. The van der Waals surface area contributed by atoms with Crippen LogP contribution in [-0.4, -0.2) is 23.5 Å². The van der Waals surface area contributed by atoms with Crippen LogP contribution in [0, 0.1) is 0 Å². The molecule has 0 spiro atoms. The quantitative estimate of drug-likeness (QED) is 0.467. The van der Waals surface area contributed by atoms with E-state index < -0.39 is 0 Å². The Hall–Kier alpha value is -0.530. The first kappa shape index (κ1) is 5.27. The van der Waals surface area contributed by atoms with Gasteiger partial charge in [0.25, 0.3) is 0 Å². The molecule has 0 bridgehead atoms. The fourth-order valence-electron chi connectivity index (χ4n) is 1.50. The van der Waals surface area contributed by atoms with Gasteiger partial charge in [0.2, 0.25) is 0 Å². The van der Waals surface area contributed by atoms with Crippen molar-refractivity contribution in [1.82, 2.24) is 5.43 Å². The van der Waals surface area contributed by atoms with Crippen LogP contribution in [0.5, 0.6) is 0 Å². The molecule has 2 heteroatoms. The number of nitrogens with one attached hydrogen (secondary N) is 1. The second kappa shape index (κ2) is 2.01. The highest BCUT2D eigenvalue weighted by molar-refractivity contribution is 5.82. The monoisotopic (exact) mass is 125 g/mol. The van der Waals surface area contributed by atoms with Gasteiger partial charge >= 0.3 is 0 Å². The molecule has 0 saturated carbocycles. The van der Waals surface area contributed by atoms with Crippen LogP contribution < -0.4 is 5.43 Å². The molecule has 0 unspecified atom stereocenters. The van der Waals surface area contributed by atoms with Gasteiger partial charge in [-0.05, 0) is 12.8 Å². The van der Waals surface area contributed by atoms with Crippen LogP contribution in [0.2, 0.25) is 0 Å². The van der Waals surface area contributed by atoms with Crippen LogP contribution in [0.15, 0.2) is 0 Å². The molecule has 0 saturated heterocycles. The first-order chi connectivity index (χ1) is 4.47. The van der Waals surface area contributed by atoms with Gasteiger partial charge in [0.1, 0.15) is 0 Å². The molecule has 0 fully saturated rings. The van der Waals surface area contributed by atoms with Crippen molar-refractivity contribution in [1.29, 1.82) is 0 Å². The number of hydrazone groups is 1. The maximum absolute atomic E-state index is 3.38. The van der Waals surface area contributed by atoms with Gasteiger partial charge in [0.05, 0.1) is 13.0 Å². The molecule has 0 aliphatic carbocycles. The van der Waals surface area contributed by atoms with Gasteiger partial charge in [-0.1, -0.05) is 0 Å². The van der Waals surface area contributed by atoms with Gasteiger partial charge in [-0.2, -0.15) is 5.43 Å². The van der Waals surface area contributed by atoms with Gasteiger partial charge in [-0.3, -0.25) is 0 Å². The highest BCUT2D eigenvalue weighted by Gasteiger charge is 2.27. The summed E-state index contributed by atoms with van der Waals surface area (Å²) in [5.74, 6) is 0. The first-order valence-corrected chi connectivity index (χ1v) is 3.82. The zero-order valence-corrected chi connectivity index (χ0v) is 5.69. The van der Waals surface area contributed by atoms with Gasteiger partial charge in [0, 0.05) is 6.42 Å². The second-order valence-corrected chi connectivity index (χ2v) is 2.83. The summed E-state index contributed by atoms with van der Waals surface area (Å²) in [7, 11) is 0. The molecule has 0 aromatic rings. The SMILES string of the molecule is C1CCC2=[N+](CC2)NC1. The number of rotatable bonds is 0. The predicted molar refractivity (Wildman–Crippen MR) is 36.6 cm³/mol. The van der Waals surface area contributed by atoms with Crippen molar-refractivity contribution in [2.45, 2.75) is 25.7 Å². The minimum Gasteiger partial charge on any atom is -0.198 e. The lowest BCUT2D eigenvalue weighted by molar-refractivity contribution is -0.609.